The second-order valence-corrected chi connectivity index (χ2v) is 32.8. The molecule has 104 heavy (non-hydrogen) atoms. The van der Waals surface area contributed by atoms with Gasteiger partial charge >= 0.3 is 5.82 Å². The van der Waals surface area contributed by atoms with Crippen molar-refractivity contribution in [2.24, 2.45) is 0 Å². The minimum Gasteiger partial charge on any atom is -0.289 e. The maximum atomic E-state index is 14.7. The number of unbranched alkanes of at least 4 members (excludes halogenated alkanes) is 12. The number of hydrogen-bond acceptors (Lipinski definition) is 8. The van der Waals surface area contributed by atoms with Gasteiger partial charge in [0.05, 0.1) is 25.8 Å². The van der Waals surface area contributed by atoms with E-state index in [1.54, 1.807) is 34.8 Å². The molecule has 0 saturated carbocycles. The molecule has 0 N–H and O–H groups in total. The molecule has 4 aromatic heterocycles. The molecule has 7 aromatic carbocycles. The molecule has 0 atom stereocenters. The molecule has 0 unspecified atom stereocenters. The van der Waals surface area contributed by atoms with Crippen molar-refractivity contribution in [1.82, 2.24) is 0 Å². The number of nitriles is 2. The fourth-order valence-corrected chi connectivity index (χ4v) is 22.5. The van der Waals surface area contributed by atoms with E-state index < -0.39 is 10.8 Å². The van der Waals surface area contributed by atoms with Gasteiger partial charge in [-0.3, -0.25) is 9.59 Å². The number of rotatable bonds is 26. The Kier molecular flexibility index (Phi) is 20.2. The van der Waals surface area contributed by atoms with Crippen LogP contribution in [0.3, 0.4) is 0 Å². The highest BCUT2D eigenvalue weighted by Gasteiger charge is 2.55. The molecule has 514 valence electrons. The quantitative estimate of drug-likeness (QED) is 0.0234. The normalized spacial score (nSPS) is 14.9. The second kappa shape index (κ2) is 30.1. The van der Waals surface area contributed by atoms with E-state index in [9.17, 15) is 20.1 Å². The van der Waals surface area contributed by atoms with Crippen LogP contribution in [0.25, 0.3) is 72.7 Å². The first-order valence-electron chi connectivity index (χ1n) is 37.5. The van der Waals surface area contributed by atoms with Gasteiger partial charge in [-0.1, -0.05) is 250 Å². The summed E-state index contributed by atoms with van der Waals surface area (Å²) in [6.07, 6.45) is 26.8. The van der Waals surface area contributed by atoms with Crippen LogP contribution in [-0.4, -0.2) is 11.6 Å². The van der Waals surface area contributed by atoms with E-state index in [0.29, 0.717) is 44.5 Å². The zero-order valence-corrected chi connectivity index (χ0v) is 63.0. The minimum absolute atomic E-state index is 0.0786. The summed E-state index contributed by atoms with van der Waals surface area (Å²) in [5.74, 6) is -0.479. The van der Waals surface area contributed by atoms with Gasteiger partial charge in [-0.15, -0.1) is 45.3 Å². The van der Waals surface area contributed by atoms with E-state index in [0.717, 1.165) is 79.9 Å². The van der Waals surface area contributed by atoms with Gasteiger partial charge in [-0.2, -0.15) is 20.2 Å². The number of aryl methyl sites for hydroxylation is 4. The smallest absolute Gasteiger partial charge is 0.289 e. The second-order valence-electron chi connectivity index (χ2n) is 28.5. The minimum atomic E-state index is -0.835. The molecule has 0 amide bonds. The number of thiophene rings is 4. The van der Waals surface area contributed by atoms with Gasteiger partial charge in [0.1, 0.15) is 30.9 Å². The molecule has 0 spiro atoms. The van der Waals surface area contributed by atoms with Gasteiger partial charge in [0.2, 0.25) is 0 Å². The van der Waals surface area contributed by atoms with Crippen LogP contribution in [0, 0.1) is 35.8 Å². The van der Waals surface area contributed by atoms with Gasteiger partial charge in [0.15, 0.2) is 11.6 Å². The van der Waals surface area contributed by atoms with Crippen LogP contribution in [0.5, 0.6) is 0 Å². The zero-order valence-electron chi connectivity index (χ0n) is 59.7. The predicted octanol–water partition coefficient (Wildman–Crippen LogP) is 26.3. The Labute approximate surface area is 628 Å². The molecule has 0 aliphatic heterocycles. The average molecular weight is 1430 g/mol. The average Bonchev–Trinajstić information content (AvgIpc) is 1.49. The molecule has 4 aliphatic carbocycles. The summed E-state index contributed by atoms with van der Waals surface area (Å²) in [5.41, 5.74) is 19.4. The van der Waals surface area contributed by atoms with Crippen molar-refractivity contribution >= 4 is 99.0 Å². The number of fused-ring (bicyclic) bond motifs is 12. The van der Waals surface area contributed by atoms with Crippen molar-refractivity contribution in [1.29, 1.82) is 10.5 Å². The number of carbonyl (C=O) groups excluding carboxylic acids is 2. The van der Waals surface area contributed by atoms with Gasteiger partial charge in [0, 0.05) is 67.9 Å². The van der Waals surface area contributed by atoms with Gasteiger partial charge in [0.25, 0.3) is 0 Å². The van der Waals surface area contributed by atoms with Gasteiger partial charge < -0.3 is 0 Å². The monoisotopic (exact) mass is 1430 g/mol. The number of hydrogen-bond donors (Lipinski definition) is 0. The Morgan fingerprint density at radius 1 is 0.404 bits per heavy atom. The first kappa shape index (κ1) is 69.8. The first-order valence-corrected chi connectivity index (χ1v) is 40.8. The number of ketones is 2. The molecule has 15 rings (SSSR count). The third kappa shape index (κ3) is 12.0. The predicted molar refractivity (Wildman–Crippen MR) is 435 cm³/mol. The summed E-state index contributed by atoms with van der Waals surface area (Å²) < 4.78 is 4.51. The first-order chi connectivity index (χ1) is 51.1. The van der Waals surface area contributed by atoms with Gasteiger partial charge in [-0.25, -0.2) is 0 Å². The third-order valence-electron chi connectivity index (χ3n) is 22.2. The summed E-state index contributed by atoms with van der Waals surface area (Å²) in [7, 11) is 0. The molecule has 0 fully saturated rings. The SMILES string of the molecule is [C-]#[N+]C([N+]#[C-])=C1/C(=C/c2cc3sc4c(c3s2)C(c2ccc(CCCCCC)cc2)(c2ccc(CCCCCC)cc2)c2cc3c(cc2-4)C(c2ccc(CCCCCC)cc2)(c2ccc(CCCCCC)cc2)c2c-3sc3cc(/C=C4\C(=O)c5ccccc5C4=C(C#N)C#N)sc23)C(=O)c2ccccc21. The van der Waals surface area contributed by atoms with Crippen molar-refractivity contribution in [3.05, 3.63) is 314 Å². The molecule has 11 aromatic rings. The fourth-order valence-electron chi connectivity index (χ4n) is 17.1. The number of allylic oxidation sites excluding steroid dienone is 5. The molecular weight excluding hydrogens is 1350 g/mol. The number of nitrogens with zero attached hydrogens (tertiary/aromatic N) is 4. The van der Waals surface area contributed by atoms with Crippen molar-refractivity contribution in [3.63, 3.8) is 0 Å². The Balaban J connectivity index is 1.01. The summed E-state index contributed by atoms with van der Waals surface area (Å²) in [4.78, 5) is 40.9. The van der Waals surface area contributed by atoms with Crippen molar-refractivity contribution < 1.29 is 9.59 Å². The van der Waals surface area contributed by atoms with E-state index in [1.807, 2.05) is 71.2 Å². The van der Waals surface area contributed by atoms with Crippen LogP contribution in [-0.2, 0) is 36.5 Å². The Morgan fingerprint density at radius 3 is 1.06 bits per heavy atom. The Morgan fingerprint density at radius 2 is 0.731 bits per heavy atom. The molecular formula is C94H82N4O2S4. The lowest BCUT2D eigenvalue weighted by molar-refractivity contribution is 0.103. The Hall–Kier alpha value is -9.88. The summed E-state index contributed by atoms with van der Waals surface area (Å²) >= 11 is 7.04. The highest BCUT2D eigenvalue weighted by Crippen LogP contribution is 2.68. The van der Waals surface area contributed by atoms with E-state index in [4.69, 9.17) is 13.1 Å². The Bertz CT molecular complexity index is 5030. The van der Waals surface area contributed by atoms with Crippen LogP contribution in [0.1, 0.15) is 239 Å². The lowest BCUT2D eigenvalue weighted by Crippen LogP contribution is -2.30. The van der Waals surface area contributed by atoms with E-state index in [-0.39, 0.29) is 23.0 Å². The van der Waals surface area contributed by atoms with Crippen LogP contribution in [0.15, 0.2) is 192 Å². The summed E-state index contributed by atoms with van der Waals surface area (Å²) in [6.45, 7) is 25.4. The van der Waals surface area contributed by atoms with E-state index in [2.05, 4.69) is 171 Å². The molecule has 10 heteroatoms. The molecule has 0 bridgehead atoms. The largest absolute Gasteiger partial charge is 0.528 e. The van der Waals surface area contributed by atoms with Gasteiger partial charge in [-0.05, 0) is 166 Å². The highest BCUT2D eigenvalue weighted by atomic mass is 32.1. The maximum absolute atomic E-state index is 14.7. The molecule has 4 aliphatic rings. The van der Waals surface area contributed by atoms with Crippen LogP contribution in [0.4, 0.5) is 0 Å². The third-order valence-corrected chi connectivity index (χ3v) is 27.0. The number of Topliss-reactive ketones (excluding diaryl/α,β-unsaturated/α-hetero) is 2. The van der Waals surface area contributed by atoms with E-state index >= 15 is 0 Å². The molecule has 0 radical (unpaired) electrons. The van der Waals surface area contributed by atoms with Crippen molar-refractivity contribution in [2.45, 2.75) is 167 Å². The highest BCUT2D eigenvalue weighted by molar-refractivity contribution is 7.31. The molecule has 6 nitrogen and oxygen atoms in total. The standard InChI is InChI=1S/C94H82N4O2S4/c1-7-11-15-19-27-59-35-43-64(44-36-59)93(65-45-37-60(38-46-65)28-20-16-12-8-2)78-56-75-79(55-74(78)88-84(93)90-80(103-88)53-68(101-90)51-76-82(63(57-95)58-96)70-31-23-25-33-72(70)86(76)99)94(66-47-39-61(40-48-66)29-21-17-13-9-3,67-49-41-62(42-50-67)30-22-18-14-10-4)85-89(75)104-81-54-69(102-91(81)85)52-77-83(92(97-5)98-6)71-32-24-26-34-73(71)87(77)100/h23-26,31-56H,7-22,27-30H2,1-4H3/b76-51-,77-52-. The van der Waals surface area contributed by atoms with Crippen molar-refractivity contribution in [2.75, 3.05) is 0 Å². The molecule has 4 heterocycles. The number of benzene rings is 7. The van der Waals surface area contributed by atoms with Crippen molar-refractivity contribution in [3.8, 4) is 33.0 Å². The zero-order chi connectivity index (χ0) is 71.6. The van der Waals surface area contributed by atoms with E-state index in [1.165, 1.54) is 165 Å². The number of carbonyl (C=O) groups is 2. The van der Waals surface area contributed by atoms with Crippen LogP contribution in [0.2, 0.25) is 0 Å². The maximum Gasteiger partial charge on any atom is 0.528 e. The topological polar surface area (TPSA) is 90.4 Å². The lowest BCUT2D eigenvalue weighted by atomic mass is 9.65. The van der Waals surface area contributed by atoms with Crippen LogP contribution < -0.4 is 0 Å². The summed E-state index contributed by atoms with van der Waals surface area (Å²) in [6, 6.07) is 67.1. The molecule has 0 saturated heterocycles. The summed E-state index contributed by atoms with van der Waals surface area (Å²) in [5, 5.41) is 20.9. The fraction of sp³-hybridized carbons (Fsp3) is 0.277. The van der Waals surface area contributed by atoms with Crippen LogP contribution >= 0.6 is 45.3 Å². The lowest BCUT2D eigenvalue weighted by Gasteiger charge is -2.36.